The van der Waals surface area contributed by atoms with Crippen molar-refractivity contribution in [2.75, 3.05) is 0 Å². The third-order valence-corrected chi connectivity index (χ3v) is 2.35. The molecule has 0 spiro atoms. The predicted octanol–water partition coefficient (Wildman–Crippen LogP) is 2.87. The summed E-state index contributed by atoms with van der Waals surface area (Å²) in [5.74, 6) is -0.742. The van der Waals surface area contributed by atoms with Crippen LogP contribution in [0, 0.1) is 0 Å². The van der Waals surface area contributed by atoms with E-state index in [1.54, 1.807) is 12.1 Å². The summed E-state index contributed by atoms with van der Waals surface area (Å²) >= 11 is 0. The van der Waals surface area contributed by atoms with Crippen molar-refractivity contribution in [3.8, 4) is 0 Å². The molecule has 0 unspecified atom stereocenters. The second-order valence-electron chi connectivity index (χ2n) is 3.86. The molecule has 0 atom stereocenters. The van der Waals surface area contributed by atoms with Crippen molar-refractivity contribution in [2.45, 2.75) is 25.9 Å². The first-order valence-corrected chi connectivity index (χ1v) is 4.81. The van der Waals surface area contributed by atoms with Gasteiger partial charge in [0.05, 0.1) is 0 Å². The van der Waals surface area contributed by atoms with Crippen molar-refractivity contribution in [1.82, 2.24) is 14.6 Å². The lowest BCUT2D eigenvalue weighted by Gasteiger charge is -2.06. The Balaban J connectivity index is 2.59. The third-order valence-electron chi connectivity index (χ3n) is 2.35. The zero-order valence-corrected chi connectivity index (χ0v) is 8.78. The van der Waals surface area contributed by atoms with Crippen molar-refractivity contribution in [3.63, 3.8) is 0 Å². The van der Waals surface area contributed by atoms with Crippen molar-refractivity contribution in [2.24, 2.45) is 0 Å². The number of pyridine rings is 1. The molecule has 0 amide bonds. The first-order chi connectivity index (χ1) is 7.39. The zero-order valence-electron chi connectivity index (χ0n) is 8.78. The number of aromatic nitrogens is 3. The van der Waals surface area contributed by atoms with Gasteiger partial charge in [0.25, 0.3) is 0 Å². The fourth-order valence-corrected chi connectivity index (χ4v) is 1.46. The van der Waals surface area contributed by atoms with E-state index in [9.17, 15) is 13.2 Å². The normalized spacial score (nSPS) is 12.6. The maximum atomic E-state index is 12.5. The molecule has 2 aromatic rings. The molecule has 6 heteroatoms. The molecule has 0 fully saturated rings. The Morgan fingerprint density at radius 3 is 2.50 bits per heavy atom. The summed E-state index contributed by atoms with van der Waals surface area (Å²) in [5.41, 5.74) is 1.16. The molecule has 0 aliphatic carbocycles. The van der Waals surface area contributed by atoms with Gasteiger partial charge in [-0.15, -0.1) is 10.2 Å². The Hall–Kier alpha value is -1.59. The summed E-state index contributed by atoms with van der Waals surface area (Å²) in [6.45, 7) is 3.93. The lowest BCUT2D eigenvalue weighted by molar-refractivity contribution is -0.145. The van der Waals surface area contributed by atoms with Gasteiger partial charge in [-0.05, 0) is 23.6 Å². The highest BCUT2D eigenvalue weighted by Crippen LogP contribution is 2.28. The van der Waals surface area contributed by atoms with Crippen LogP contribution in [0.2, 0.25) is 0 Å². The maximum Gasteiger partial charge on any atom is 0.452 e. The van der Waals surface area contributed by atoms with Gasteiger partial charge in [0.15, 0.2) is 5.65 Å². The van der Waals surface area contributed by atoms with Crippen LogP contribution in [0.4, 0.5) is 13.2 Å². The lowest BCUT2D eigenvalue weighted by Crippen LogP contribution is -2.10. The van der Waals surface area contributed by atoms with Gasteiger partial charge in [-0.1, -0.05) is 13.8 Å². The number of nitrogens with zero attached hydrogens (tertiary/aromatic N) is 3. The van der Waals surface area contributed by atoms with Crippen molar-refractivity contribution >= 4 is 5.65 Å². The molecule has 86 valence electrons. The Morgan fingerprint density at radius 2 is 1.94 bits per heavy atom. The monoisotopic (exact) mass is 229 g/mol. The minimum Gasteiger partial charge on any atom is -0.279 e. The van der Waals surface area contributed by atoms with E-state index < -0.39 is 12.0 Å². The van der Waals surface area contributed by atoms with Crippen LogP contribution in [-0.2, 0) is 6.18 Å². The fourth-order valence-electron chi connectivity index (χ4n) is 1.46. The predicted molar refractivity (Wildman–Crippen MR) is 52.1 cm³/mol. The molecule has 0 bridgehead atoms. The fraction of sp³-hybridized carbons (Fsp3) is 0.400. The summed E-state index contributed by atoms with van der Waals surface area (Å²) < 4.78 is 38.4. The second kappa shape index (κ2) is 3.47. The van der Waals surface area contributed by atoms with Crippen LogP contribution in [0.15, 0.2) is 18.3 Å². The van der Waals surface area contributed by atoms with Gasteiger partial charge >= 0.3 is 6.18 Å². The summed E-state index contributed by atoms with van der Waals surface area (Å²) in [7, 11) is 0. The molecule has 2 rings (SSSR count). The van der Waals surface area contributed by atoms with Crippen LogP contribution in [0.5, 0.6) is 0 Å². The summed E-state index contributed by atoms with van der Waals surface area (Å²) in [4.78, 5) is 0. The topological polar surface area (TPSA) is 30.2 Å². The number of rotatable bonds is 1. The first-order valence-electron chi connectivity index (χ1n) is 4.81. The molecule has 0 aliphatic heterocycles. The van der Waals surface area contributed by atoms with Crippen LogP contribution in [0.25, 0.3) is 5.65 Å². The molecule has 0 aliphatic rings. The highest BCUT2D eigenvalue weighted by Gasteiger charge is 2.36. The quantitative estimate of drug-likeness (QED) is 0.752. The molecule has 16 heavy (non-hydrogen) atoms. The van der Waals surface area contributed by atoms with Crippen LogP contribution in [0.1, 0.15) is 31.2 Å². The Bertz CT molecular complexity index is 513. The van der Waals surface area contributed by atoms with Crippen LogP contribution < -0.4 is 0 Å². The summed E-state index contributed by atoms with van der Waals surface area (Å²) in [6, 6.07) is 3.27. The van der Waals surface area contributed by atoms with Gasteiger partial charge in [0.2, 0.25) is 5.82 Å². The number of alkyl halides is 3. The smallest absolute Gasteiger partial charge is 0.279 e. The second-order valence-corrected chi connectivity index (χ2v) is 3.86. The zero-order chi connectivity index (χ0) is 11.9. The largest absolute Gasteiger partial charge is 0.452 e. The Kier molecular flexibility index (Phi) is 2.36. The molecule has 2 aromatic heterocycles. The number of halogens is 3. The molecule has 0 N–H and O–H groups in total. The Morgan fingerprint density at radius 1 is 1.25 bits per heavy atom. The molecule has 0 saturated heterocycles. The van der Waals surface area contributed by atoms with Gasteiger partial charge in [-0.3, -0.25) is 4.40 Å². The van der Waals surface area contributed by atoms with Gasteiger partial charge < -0.3 is 0 Å². The van der Waals surface area contributed by atoms with Crippen LogP contribution in [-0.4, -0.2) is 14.6 Å². The van der Waals surface area contributed by atoms with E-state index in [0.29, 0.717) is 0 Å². The minimum absolute atomic E-state index is 0.221. The van der Waals surface area contributed by atoms with E-state index in [0.717, 1.165) is 9.96 Å². The molecule has 0 radical (unpaired) electrons. The molecule has 0 aromatic carbocycles. The highest BCUT2D eigenvalue weighted by atomic mass is 19.4. The molecular formula is C10H10F3N3. The van der Waals surface area contributed by atoms with Gasteiger partial charge in [-0.2, -0.15) is 13.2 Å². The molecule has 0 saturated carbocycles. The van der Waals surface area contributed by atoms with Crippen molar-refractivity contribution < 1.29 is 13.2 Å². The van der Waals surface area contributed by atoms with Crippen molar-refractivity contribution in [1.29, 1.82) is 0 Å². The summed E-state index contributed by atoms with van der Waals surface area (Å²) in [6.07, 6.45) is -3.12. The van der Waals surface area contributed by atoms with Gasteiger partial charge in [0, 0.05) is 6.20 Å². The number of fused-ring (bicyclic) bond motifs is 1. The first kappa shape index (κ1) is 10.9. The lowest BCUT2D eigenvalue weighted by atomic mass is 10.1. The molecular weight excluding hydrogens is 219 g/mol. The maximum absolute atomic E-state index is 12.5. The van der Waals surface area contributed by atoms with Crippen molar-refractivity contribution in [3.05, 3.63) is 29.7 Å². The van der Waals surface area contributed by atoms with E-state index in [4.69, 9.17) is 0 Å². The van der Waals surface area contributed by atoms with Crippen LogP contribution in [0.3, 0.4) is 0 Å². The van der Waals surface area contributed by atoms with Crippen LogP contribution >= 0.6 is 0 Å². The highest BCUT2D eigenvalue weighted by molar-refractivity contribution is 5.42. The Labute approximate surface area is 89.9 Å². The average Bonchev–Trinajstić information content (AvgIpc) is 2.58. The summed E-state index contributed by atoms with van der Waals surface area (Å²) in [5, 5.41) is 6.68. The van der Waals surface area contributed by atoms with E-state index in [1.165, 1.54) is 6.20 Å². The van der Waals surface area contributed by atoms with E-state index in [2.05, 4.69) is 10.2 Å². The number of hydrogen-bond acceptors (Lipinski definition) is 2. The SMILES string of the molecule is CC(C)c1ccn2c(C(F)(F)F)nnc2c1. The van der Waals surface area contributed by atoms with E-state index >= 15 is 0 Å². The van der Waals surface area contributed by atoms with E-state index in [1.807, 2.05) is 13.8 Å². The number of hydrogen-bond donors (Lipinski definition) is 0. The third kappa shape index (κ3) is 1.75. The molecule has 3 nitrogen and oxygen atoms in total. The minimum atomic E-state index is -4.47. The van der Waals surface area contributed by atoms with E-state index in [-0.39, 0.29) is 11.6 Å². The van der Waals surface area contributed by atoms with Gasteiger partial charge in [-0.25, -0.2) is 0 Å². The molecule has 2 heterocycles. The standard InChI is InChI=1S/C10H10F3N3/c1-6(2)7-3-4-16-8(5-7)14-15-9(16)10(11,12)13/h3-6H,1-2H3. The average molecular weight is 229 g/mol. The van der Waals surface area contributed by atoms with Gasteiger partial charge in [0.1, 0.15) is 0 Å².